The molecule has 1 aliphatic rings. The molecule has 1 aliphatic heterocycles. The van der Waals surface area contributed by atoms with Gasteiger partial charge in [0.05, 0.1) is 10.6 Å². The molecule has 0 aromatic heterocycles. The SMILES string of the molecule is CC(CS(=O)(=O)c1ccc2cc(Cl)ccc2c1)C(=O)NC1CCN(Cc2ccccc2)CC1. The van der Waals surface area contributed by atoms with Crippen molar-refractivity contribution < 1.29 is 13.2 Å². The lowest BCUT2D eigenvalue weighted by atomic mass is 10.0. The number of nitrogens with zero attached hydrogens (tertiary/aromatic N) is 1. The van der Waals surface area contributed by atoms with E-state index < -0.39 is 15.8 Å². The van der Waals surface area contributed by atoms with E-state index in [2.05, 4.69) is 22.3 Å². The topological polar surface area (TPSA) is 66.5 Å². The Bertz CT molecular complexity index is 1220. The van der Waals surface area contributed by atoms with Crippen LogP contribution < -0.4 is 5.32 Å². The maximum absolute atomic E-state index is 13.0. The zero-order valence-corrected chi connectivity index (χ0v) is 20.3. The van der Waals surface area contributed by atoms with Crippen molar-refractivity contribution >= 4 is 38.1 Å². The third-order valence-corrected chi connectivity index (χ3v) is 8.38. The standard InChI is InChI=1S/C26H29ClN2O3S/c1-19(18-33(31,32)25-10-8-21-15-23(27)9-7-22(21)16-25)26(30)28-24-11-13-29(14-12-24)17-20-5-3-2-4-6-20/h2-10,15-16,19,24H,11-14,17-18H2,1H3,(H,28,30). The van der Waals surface area contributed by atoms with Gasteiger partial charge in [-0.05, 0) is 53.4 Å². The fourth-order valence-corrected chi connectivity index (χ4v) is 6.07. The van der Waals surface area contributed by atoms with E-state index in [0.717, 1.165) is 43.2 Å². The molecule has 0 radical (unpaired) electrons. The molecule has 5 nitrogen and oxygen atoms in total. The molecule has 0 spiro atoms. The number of nitrogens with one attached hydrogen (secondary N) is 1. The Kier molecular flexibility index (Phi) is 7.37. The van der Waals surface area contributed by atoms with Crippen molar-refractivity contribution in [2.75, 3.05) is 18.8 Å². The lowest BCUT2D eigenvalue weighted by molar-refractivity contribution is -0.124. The lowest BCUT2D eigenvalue weighted by Crippen LogP contribution is -2.46. The van der Waals surface area contributed by atoms with Crippen LogP contribution in [0.15, 0.2) is 71.6 Å². The summed E-state index contributed by atoms with van der Waals surface area (Å²) in [5.74, 6) is -1.05. The number of halogens is 1. The van der Waals surface area contributed by atoms with E-state index in [4.69, 9.17) is 11.6 Å². The van der Waals surface area contributed by atoms with Crippen LogP contribution in [0.2, 0.25) is 5.02 Å². The Balaban J connectivity index is 1.30. The average molecular weight is 485 g/mol. The van der Waals surface area contributed by atoms with Gasteiger partial charge in [0, 0.05) is 36.6 Å². The predicted molar refractivity (Wildman–Crippen MR) is 133 cm³/mol. The molecular weight excluding hydrogens is 456 g/mol. The smallest absolute Gasteiger partial charge is 0.224 e. The van der Waals surface area contributed by atoms with Crippen LogP contribution in [0.4, 0.5) is 0 Å². The summed E-state index contributed by atoms with van der Waals surface area (Å²) < 4.78 is 25.9. The number of amides is 1. The number of carbonyl (C=O) groups excluding carboxylic acids is 1. The molecule has 3 aromatic rings. The number of fused-ring (bicyclic) bond motifs is 1. The Morgan fingerprint density at radius 2 is 1.70 bits per heavy atom. The van der Waals surface area contributed by atoms with Crippen molar-refractivity contribution in [1.29, 1.82) is 0 Å². The molecule has 0 aliphatic carbocycles. The lowest BCUT2D eigenvalue weighted by Gasteiger charge is -2.32. The molecule has 1 N–H and O–H groups in total. The largest absolute Gasteiger partial charge is 0.353 e. The Morgan fingerprint density at radius 1 is 1.03 bits per heavy atom. The van der Waals surface area contributed by atoms with Crippen molar-refractivity contribution in [2.24, 2.45) is 5.92 Å². The van der Waals surface area contributed by atoms with E-state index in [1.54, 1.807) is 43.3 Å². The molecule has 174 valence electrons. The van der Waals surface area contributed by atoms with E-state index >= 15 is 0 Å². The molecule has 1 unspecified atom stereocenters. The molecular formula is C26H29ClN2O3S. The molecule has 1 saturated heterocycles. The highest BCUT2D eigenvalue weighted by atomic mass is 35.5. The number of hydrogen-bond acceptors (Lipinski definition) is 4. The first kappa shape index (κ1) is 23.7. The molecule has 4 rings (SSSR count). The number of benzene rings is 3. The fraction of sp³-hybridized carbons (Fsp3) is 0.346. The number of carbonyl (C=O) groups is 1. The van der Waals surface area contributed by atoms with Gasteiger partial charge >= 0.3 is 0 Å². The van der Waals surface area contributed by atoms with Gasteiger partial charge in [0.25, 0.3) is 0 Å². The Labute approximate surface area is 200 Å². The zero-order valence-electron chi connectivity index (χ0n) is 18.7. The summed E-state index contributed by atoms with van der Waals surface area (Å²) >= 11 is 6.01. The summed E-state index contributed by atoms with van der Waals surface area (Å²) in [7, 11) is -3.59. The van der Waals surface area contributed by atoms with Crippen molar-refractivity contribution in [1.82, 2.24) is 10.2 Å². The predicted octanol–water partition coefficient (Wildman–Crippen LogP) is 4.68. The zero-order chi connectivity index (χ0) is 23.4. The van der Waals surface area contributed by atoms with Gasteiger partial charge in [0.2, 0.25) is 5.91 Å². The molecule has 7 heteroatoms. The second-order valence-corrected chi connectivity index (χ2v) is 11.4. The minimum atomic E-state index is -3.59. The molecule has 0 bridgehead atoms. The Morgan fingerprint density at radius 3 is 2.42 bits per heavy atom. The molecule has 33 heavy (non-hydrogen) atoms. The van der Waals surface area contributed by atoms with Gasteiger partial charge in [-0.25, -0.2) is 8.42 Å². The van der Waals surface area contributed by atoms with Gasteiger partial charge < -0.3 is 5.32 Å². The number of rotatable bonds is 7. The number of likely N-dealkylation sites (tertiary alicyclic amines) is 1. The first-order chi connectivity index (χ1) is 15.8. The van der Waals surface area contributed by atoms with Crippen molar-refractivity contribution in [3.63, 3.8) is 0 Å². The number of piperidine rings is 1. The van der Waals surface area contributed by atoms with E-state index in [0.29, 0.717) is 5.02 Å². The summed E-state index contributed by atoms with van der Waals surface area (Å²) in [5.41, 5.74) is 1.29. The monoisotopic (exact) mass is 484 g/mol. The minimum absolute atomic E-state index is 0.0834. The van der Waals surface area contributed by atoms with Crippen LogP contribution in [0.5, 0.6) is 0 Å². The molecule has 0 saturated carbocycles. The maximum atomic E-state index is 13.0. The molecule has 1 atom stereocenters. The summed E-state index contributed by atoms with van der Waals surface area (Å²) in [5, 5.41) is 5.36. The quantitative estimate of drug-likeness (QED) is 0.528. The number of sulfone groups is 1. The van der Waals surface area contributed by atoms with Gasteiger partial charge in [-0.1, -0.05) is 61.0 Å². The summed E-state index contributed by atoms with van der Waals surface area (Å²) in [6, 6.07) is 20.8. The van der Waals surface area contributed by atoms with Gasteiger partial charge in [0.15, 0.2) is 9.84 Å². The second kappa shape index (κ2) is 10.2. The molecule has 1 fully saturated rings. The van der Waals surface area contributed by atoms with Gasteiger partial charge in [-0.2, -0.15) is 0 Å². The first-order valence-electron chi connectivity index (χ1n) is 11.3. The van der Waals surface area contributed by atoms with Gasteiger partial charge in [-0.15, -0.1) is 0 Å². The summed E-state index contributed by atoms with van der Waals surface area (Å²) in [6.07, 6.45) is 1.73. The highest BCUT2D eigenvalue weighted by molar-refractivity contribution is 7.91. The second-order valence-electron chi connectivity index (χ2n) is 8.88. The van der Waals surface area contributed by atoms with Crippen molar-refractivity contribution in [3.05, 3.63) is 77.3 Å². The van der Waals surface area contributed by atoms with E-state index in [-0.39, 0.29) is 22.6 Å². The van der Waals surface area contributed by atoms with E-state index in [1.165, 1.54) is 5.56 Å². The average Bonchev–Trinajstić information content (AvgIpc) is 2.80. The highest BCUT2D eigenvalue weighted by Gasteiger charge is 2.27. The van der Waals surface area contributed by atoms with Crippen LogP contribution >= 0.6 is 11.6 Å². The Hall–Kier alpha value is -2.41. The van der Waals surface area contributed by atoms with Gasteiger partial charge in [0.1, 0.15) is 0 Å². The third kappa shape index (κ3) is 6.14. The van der Waals surface area contributed by atoms with Crippen LogP contribution in [0.3, 0.4) is 0 Å². The molecule has 3 aromatic carbocycles. The number of hydrogen-bond donors (Lipinski definition) is 1. The minimum Gasteiger partial charge on any atom is -0.353 e. The fourth-order valence-electron chi connectivity index (χ4n) is 4.31. The van der Waals surface area contributed by atoms with Crippen molar-refractivity contribution in [2.45, 2.75) is 37.2 Å². The summed E-state index contributed by atoms with van der Waals surface area (Å²) in [4.78, 5) is 15.4. The molecule has 1 heterocycles. The van der Waals surface area contributed by atoms with E-state index in [1.807, 2.05) is 18.2 Å². The normalized spacial score (nSPS) is 16.5. The third-order valence-electron chi connectivity index (χ3n) is 6.23. The molecule has 1 amide bonds. The maximum Gasteiger partial charge on any atom is 0.224 e. The van der Waals surface area contributed by atoms with Crippen molar-refractivity contribution in [3.8, 4) is 0 Å². The summed E-state index contributed by atoms with van der Waals surface area (Å²) in [6.45, 7) is 4.41. The van der Waals surface area contributed by atoms with Crippen LogP contribution in [0, 0.1) is 5.92 Å². The first-order valence-corrected chi connectivity index (χ1v) is 13.3. The van der Waals surface area contributed by atoms with Crippen LogP contribution in [0.25, 0.3) is 10.8 Å². The van der Waals surface area contributed by atoms with Crippen LogP contribution in [0.1, 0.15) is 25.3 Å². The van der Waals surface area contributed by atoms with Crippen LogP contribution in [-0.2, 0) is 21.2 Å². The highest BCUT2D eigenvalue weighted by Crippen LogP contribution is 2.24. The van der Waals surface area contributed by atoms with E-state index in [9.17, 15) is 13.2 Å². The van der Waals surface area contributed by atoms with Crippen LogP contribution in [-0.4, -0.2) is 44.1 Å². The van der Waals surface area contributed by atoms with Gasteiger partial charge in [-0.3, -0.25) is 9.69 Å².